The number of carboxylic acids is 1. The number of aliphatic carboxylic acids is 1. The Morgan fingerprint density at radius 1 is 0.561 bits per heavy atom. The first kappa shape index (κ1) is 55.5. The molecule has 0 aromatic carbocycles. The smallest absolute Gasteiger partial charge is 0.472 e. The van der Waals surface area contributed by atoms with Crippen molar-refractivity contribution < 1.29 is 42.7 Å². The zero-order valence-electron chi connectivity index (χ0n) is 36.7. The zero-order valence-corrected chi connectivity index (χ0v) is 37.6. The first-order chi connectivity index (χ1) is 27.7. The van der Waals surface area contributed by atoms with Gasteiger partial charge in [0.05, 0.1) is 19.8 Å². The molecule has 0 aliphatic heterocycles. The third kappa shape index (κ3) is 42.4. The SMILES string of the molecule is CCCCC/C=C\C/C=C\CCCCCCCCCCCCOCC(COP(=O)(O)OCC(N)C(=O)O)OC(=O)CCCCCCCCCCCCCCCCC. The number of rotatable bonds is 45. The summed E-state index contributed by atoms with van der Waals surface area (Å²) in [6.07, 6.45) is 46.5. The van der Waals surface area contributed by atoms with Crippen LogP contribution in [-0.2, 0) is 32.7 Å². The molecule has 57 heavy (non-hydrogen) atoms. The van der Waals surface area contributed by atoms with E-state index in [0.717, 1.165) is 44.9 Å². The fraction of sp³-hybridized carbons (Fsp3) is 0.870. The van der Waals surface area contributed by atoms with Gasteiger partial charge >= 0.3 is 19.8 Å². The predicted octanol–water partition coefficient (Wildman–Crippen LogP) is 13.1. The van der Waals surface area contributed by atoms with Crippen molar-refractivity contribution in [2.24, 2.45) is 5.73 Å². The van der Waals surface area contributed by atoms with Gasteiger partial charge in [0, 0.05) is 13.0 Å². The summed E-state index contributed by atoms with van der Waals surface area (Å²) in [7, 11) is -4.61. The average molecular weight is 830 g/mol. The summed E-state index contributed by atoms with van der Waals surface area (Å²) in [5.41, 5.74) is 5.36. The van der Waals surface area contributed by atoms with Crippen molar-refractivity contribution in [1.29, 1.82) is 0 Å². The van der Waals surface area contributed by atoms with Gasteiger partial charge in [0.1, 0.15) is 12.1 Å². The normalized spacial score (nSPS) is 14.0. The van der Waals surface area contributed by atoms with Crippen LogP contribution in [0, 0.1) is 0 Å². The molecule has 0 aromatic heterocycles. The Morgan fingerprint density at radius 2 is 0.965 bits per heavy atom. The quantitative estimate of drug-likeness (QED) is 0.0234. The second kappa shape index (κ2) is 42.6. The molecule has 0 fully saturated rings. The van der Waals surface area contributed by atoms with Crippen molar-refractivity contribution in [3.05, 3.63) is 24.3 Å². The molecule has 0 heterocycles. The summed E-state index contributed by atoms with van der Waals surface area (Å²) in [6.45, 7) is 3.88. The molecule has 0 spiro atoms. The monoisotopic (exact) mass is 830 g/mol. The number of nitrogens with two attached hydrogens (primary N) is 1. The van der Waals surface area contributed by atoms with Crippen LogP contribution in [0.25, 0.3) is 0 Å². The molecule has 3 atom stereocenters. The van der Waals surface area contributed by atoms with Crippen molar-refractivity contribution in [3.63, 3.8) is 0 Å². The molecule has 336 valence electrons. The minimum atomic E-state index is -4.61. The number of carbonyl (C=O) groups excluding carboxylic acids is 1. The van der Waals surface area contributed by atoms with E-state index in [4.69, 9.17) is 29.4 Å². The summed E-state index contributed by atoms with van der Waals surface area (Å²) < 4.78 is 33.4. The van der Waals surface area contributed by atoms with Gasteiger partial charge < -0.3 is 25.2 Å². The van der Waals surface area contributed by atoms with E-state index in [2.05, 4.69) is 38.2 Å². The highest BCUT2D eigenvalue weighted by Gasteiger charge is 2.27. The number of carbonyl (C=O) groups is 2. The van der Waals surface area contributed by atoms with Crippen LogP contribution in [0.5, 0.6) is 0 Å². The highest BCUT2D eigenvalue weighted by Crippen LogP contribution is 2.43. The Balaban J connectivity index is 4.16. The highest BCUT2D eigenvalue weighted by molar-refractivity contribution is 7.47. The van der Waals surface area contributed by atoms with Crippen molar-refractivity contribution in [2.45, 2.75) is 231 Å². The number of unbranched alkanes of at least 4 members (excludes halogenated alkanes) is 27. The summed E-state index contributed by atoms with van der Waals surface area (Å²) >= 11 is 0. The minimum Gasteiger partial charge on any atom is -0.480 e. The first-order valence-corrected chi connectivity index (χ1v) is 24.9. The summed E-state index contributed by atoms with van der Waals surface area (Å²) in [6, 6.07) is -1.47. The van der Waals surface area contributed by atoms with Crippen LogP contribution < -0.4 is 5.73 Å². The third-order valence-electron chi connectivity index (χ3n) is 10.2. The number of phosphoric ester groups is 1. The highest BCUT2D eigenvalue weighted by atomic mass is 31.2. The largest absolute Gasteiger partial charge is 0.480 e. The maximum atomic E-state index is 12.6. The number of ether oxygens (including phenoxy) is 2. The van der Waals surface area contributed by atoms with Gasteiger partial charge in [-0.1, -0.05) is 192 Å². The van der Waals surface area contributed by atoms with Crippen LogP contribution in [0.15, 0.2) is 24.3 Å². The van der Waals surface area contributed by atoms with Gasteiger partial charge in [0.15, 0.2) is 0 Å². The molecule has 11 heteroatoms. The molecule has 4 N–H and O–H groups in total. The van der Waals surface area contributed by atoms with E-state index in [-0.39, 0.29) is 13.0 Å². The maximum absolute atomic E-state index is 12.6. The molecule has 0 aliphatic carbocycles. The Kier molecular flexibility index (Phi) is 41.4. The van der Waals surface area contributed by atoms with Crippen molar-refractivity contribution in [3.8, 4) is 0 Å². The van der Waals surface area contributed by atoms with Crippen LogP contribution in [0.3, 0.4) is 0 Å². The topological polar surface area (TPSA) is 155 Å². The number of hydrogen-bond donors (Lipinski definition) is 3. The van der Waals surface area contributed by atoms with Crippen LogP contribution >= 0.6 is 7.82 Å². The number of carboxylic acid groups (broad SMARTS) is 1. The lowest BCUT2D eigenvalue weighted by Crippen LogP contribution is -2.34. The Hall–Kier alpha value is -1.55. The Labute approximate surface area is 349 Å². The van der Waals surface area contributed by atoms with Gasteiger partial charge in [0.2, 0.25) is 0 Å². The van der Waals surface area contributed by atoms with E-state index in [1.54, 1.807) is 0 Å². The lowest BCUT2D eigenvalue weighted by molar-refractivity contribution is -0.154. The molecule has 0 amide bonds. The standard InChI is InChI=1S/C46H88NO9P/c1-3-5-7-9-11-13-15-17-19-20-21-22-23-25-27-29-31-33-35-37-39-53-40-43(41-54-57(51,52)55-42-44(47)46(49)50)56-45(48)38-36-34-32-30-28-26-24-18-16-14-12-10-8-6-4-2/h11,13,17,19,43-44H,3-10,12,14-16,18,20-42,47H2,1-2H3,(H,49,50)(H,51,52)/b13-11-,19-17-. The average Bonchev–Trinajstić information content (AvgIpc) is 3.19. The van der Waals surface area contributed by atoms with Gasteiger partial charge in [0.25, 0.3) is 0 Å². The van der Waals surface area contributed by atoms with Crippen LogP contribution in [0.2, 0.25) is 0 Å². The lowest BCUT2D eigenvalue weighted by atomic mass is 10.0. The Morgan fingerprint density at radius 3 is 1.46 bits per heavy atom. The van der Waals surface area contributed by atoms with Crippen molar-refractivity contribution >= 4 is 19.8 Å². The molecular weight excluding hydrogens is 741 g/mol. The fourth-order valence-electron chi connectivity index (χ4n) is 6.58. The number of allylic oxidation sites excluding steroid dienone is 4. The molecule has 3 unspecified atom stereocenters. The van der Waals surface area contributed by atoms with Crippen LogP contribution in [0.1, 0.15) is 219 Å². The predicted molar refractivity (Wildman–Crippen MR) is 235 cm³/mol. The summed E-state index contributed by atoms with van der Waals surface area (Å²) in [5, 5.41) is 8.91. The fourth-order valence-corrected chi connectivity index (χ4v) is 7.35. The molecule has 0 bridgehead atoms. The first-order valence-electron chi connectivity index (χ1n) is 23.4. The second-order valence-corrected chi connectivity index (χ2v) is 17.3. The van der Waals surface area contributed by atoms with Gasteiger partial charge in [-0.05, 0) is 44.9 Å². The van der Waals surface area contributed by atoms with Crippen molar-refractivity contribution in [1.82, 2.24) is 0 Å². The molecule has 0 aliphatic rings. The van der Waals surface area contributed by atoms with E-state index in [1.165, 1.54) is 154 Å². The number of hydrogen-bond acceptors (Lipinski definition) is 8. The van der Waals surface area contributed by atoms with E-state index >= 15 is 0 Å². The van der Waals surface area contributed by atoms with Gasteiger partial charge in [-0.3, -0.25) is 18.6 Å². The van der Waals surface area contributed by atoms with Crippen LogP contribution in [0.4, 0.5) is 0 Å². The number of esters is 1. The molecule has 0 radical (unpaired) electrons. The second-order valence-electron chi connectivity index (χ2n) is 15.9. The van der Waals surface area contributed by atoms with Gasteiger partial charge in [-0.2, -0.15) is 0 Å². The third-order valence-corrected chi connectivity index (χ3v) is 11.2. The van der Waals surface area contributed by atoms with E-state index in [9.17, 15) is 19.0 Å². The lowest BCUT2D eigenvalue weighted by Gasteiger charge is -2.20. The molecule has 0 aromatic rings. The van der Waals surface area contributed by atoms with E-state index in [0.29, 0.717) is 6.61 Å². The van der Waals surface area contributed by atoms with Gasteiger partial charge in [-0.15, -0.1) is 0 Å². The summed E-state index contributed by atoms with van der Waals surface area (Å²) in [5.74, 6) is -1.77. The molecule has 0 saturated carbocycles. The molecule has 10 nitrogen and oxygen atoms in total. The molecular formula is C46H88NO9P. The van der Waals surface area contributed by atoms with E-state index < -0.39 is 45.1 Å². The maximum Gasteiger partial charge on any atom is 0.472 e. The molecule has 0 rings (SSSR count). The minimum absolute atomic E-state index is 0.0190. The summed E-state index contributed by atoms with van der Waals surface area (Å²) in [4.78, 5) is 33.6. The van der Waals surface area contributed by atoms with Gasteiger partial charge in [-0.25, -0.2) is 4.57 Å². The van der Waals surface area contributed by atoms with Crippen LogP contribution in [-0.4, -0.2) is 60.5 Å². The van der Waals surface area contributed by atoms with E-state index in [1.807, 2.05) is 0 Å². The number of phosphoric acid groups is 1. The van der Waals surface area contributed by atoms with Crippen molar-refractivity contribution in [2.75, 3.05) is 26.4 Å². The zero-order chi connectivity index (χ0) is 41.9. The Bertz CT molecular complexity index is 1010. The molecule has 0 saturated heterocycles.